The quantitative estimate of drug-likeness (QED) is 0.374. The molecule has 28 heavy (non-hydrogen) atoms. The van der Waals surface area contributed by atoms with E-state index in [9.17, 15) is 0 Å². The van der Waals surface area contributed by atoms with E-state index in [-0.39, 0.29) is 6.10 Å². The van der Waals surface area contributed by atoms with E-state index in [1.807, 2.05) is 55.4 Å². The van der Waals surface area contributed by atoms with Crippen molar-refractivity contribution in [2.24, 2.45) is 4.99 Å². The standard InChI is InChI=1S/C22H33N5O/c1-5-23-22(25-17-20-13-9-14-21(26-20)27(3)4)24-15-10-16-28-18(2)19-11-7-6-8-12-19/h6-9,11-14,18H,5,10,15-17H2,1-4H3,(H2,23,24,25). The highest BCUT2D eigenvalue weighted by Gasteiger charge is 2.05. The summed E-state index contributed by atoms with van der Waals surface area (Å²) in [5.74, 6) is 1.74. The number of hydrogen-bond donors (Lipinski definition) is 2. The average molecular weight is 384 g/mol. The molecule has 0 amide bonds. The lowest BCUT2D eigenvalue weighted by Gasteiger charge is -2.15. The zero-order chi connectivity index (χ0) is 20.2. The second-order valence-corrected chi connectivity index (χ2v) is 6.78. The Hall–Kier alpha value is -2.60. The van der Waals surface area contributed by atoms with E-state index in [2.05, 4.69) is 46.6 Å². The van der Waals surface area contributed by atoms with Gasteiger partial charge in [-0.1, -0.05) is 36.4 Å². The smallest absolute Gasteiger partial charge is 0.191 e. The number of ether oxygens (including phenoxy) is 1. The summed E-state index contributed by atoms with van der Waals surface area (Å²) in [6.07, 6.45) is 1.02. The van der Waals surface area contributed by atoms with Gasteiger partial charge in [0.1, 0.15) is 5.82 Å². The third kappa shape index (κ3) is 7.56. The molecule has 152 valence electrons. The maximum Gasteiger partial charge on any atom is 0.191 e. The molecule has 0 fully saturated rings. The van der Waals surface area contributed by atoms with Crippen LogP contribution in [0.4, 0.5) is 5.82 Å². The number of nitrogens with zero attached hydrogens (tertiary/aromatic N) is 3. The molecule has 0 aliphatic rings. The SMILES string of the molecule is CCNC(=NCc1cccc(N(C)C)n1)NCCCOC(C)c1ccccc1. The van der Waals surface area contributed by atoms with Crippen LogP contribution in [0.25, 0.3) is 0 Å². The number of nitrogens with one attached hydrogen (secondary N) is 2. The molecule has 0 saturated heterocycles. The number of anilines is 1. The molecule has 0 aliphatic heterocycles. The Morgan fingerprint density at radius 1 is 1.11 bits per heavy atom. The number of aromatic nitrogens is 1. The third-order valence-electron chi connectivity index (χ3n) is 4.24. The zero-order valence-electron chi connectivity index (χ0n) is 17.5. The van der Waals surface area contributed by atoms with Crippen LogP contribution in [0.3, 0.4) is 0 Å². The van der Waals surface area contributed by atoms with Crippen molar-refractivity contribution in [2.75, 3.05) is 38.7 Å². The van der Waals surface area contributed by atoms with Gasteiger partial charge in [-0.05, 0) is 38.0 Å². The minimum Gasteiger partial charge on any atom is -0.374 e. The summed E-state index contributed by atoms with van der Waals surface area (Å²) < 4.78 is 5.92. The molecule has 1 unspecified atom stereocenters. The molecule has 1 heterocycles. The topological polar surface area (TPSA) is 61.8 Å². The molecule has 0 spiro atoms. The van der Waals surface area contributed by atoms with Gasteiger partial charge in [0, 0.05) is 33.8 Å². The normalized spacial score (nSPS) is 12.5. The van der Waals surface area contributed by atoms with Gasteiger partial charge in [0.25, 0.3) is 0 Å². The molecular weight excluding hydrogens is 350 g/mol. The van der Waals surface area contributed by atoms with Crippen LogP contribution in [-0.2, 0) is 11.3 Å². The molecule has 0 saturated carbocycles. The molecule has 2 aromatic rings. The van der Waals surface area contributed by atoms with Crippen LogP contribution in [0, 0.1) is 0 Å². The number of aliphatic imine (C=N–C) groups is 1. The van der Waals surface area contributed by atoms with Crippen LogP contribution in [-0.4, -0.2) is 44.7 Å². The highest BCUT2D eigenvalue weighted by molar-refractivity contribution is 5.79. The summed E-state index contributed by atoms with van der Waals surface area (Å²) in [5, 5.41) is 6.64. The van der Waals surface area contributed by atoms with Crippen molar-refractivity contribution < 1.29 is 4.74 Å². The Bertz CT molecular complexity index is 718. The van der Waals surface area contributed by atoms with E-state index in [1.54, 1.807) is 0 Å². The van der Waals surface area contributed by atoms with Crippen LogP contribution in [0.5, 0.6) is 0 Å². The maximum absolute atomic E-state index is 5.92. The fourth-order valence-corrected chi connectivity index (χ4v) is 2.67. The van der Waals surface area contributed by atoms with E-state index in [4.69, 9.17) is 4.74 Å². The van der Waals surface area contributed by atoms with Crippen LogP contribution >= 0.6 is 0 Å². The molecule has 1 aromatic carbocycles. The lowest BCUT2D eigenvalue weighted by Crippen LogP contribution is -2.38. The van der Waals surface area contributed by atoms with E-state index >= 15 is 0 Å². The van der Waals surface area contributed by atoms with Gasteiger partial charge < -0.3 is 20.3 Å². The predicted octanol–water partition coefficient (Wildman–Crippen LogP) is 3.37. The lowest BCUT2D eigenvalue weighted by atomic mass is 10.1. The molecule has 0 radical (unpaired) electrons. The average Bonchev–Trinajstić information content (AvgIpc) is 2.72. The highest BCUT2D eigenvalue weighted by atomic mass is 16.5. The first-order valence-electron chi connectivity index (χ1n) is 9.92. The molecule has 1 aromatic heterocycles. The van der Waals surface area contributed by atoms with Crippen molar-refractivity contribution >= 4 is 11.8 Å². The first-order chi connectivity index (χ1) is 13.6. The van der Waals surface area contributed by atoms with Gasteiger partial charge in [-0.25, -0.2) is 9.98 Å². The van der Waals surface area contributed by atoms with Gasteiger partial charge in [0.2, 0.25) is 0 Å². The molecule has 6 nitrogen and oxygen atoms in total. The van der Waals surface area contributed by atoms with Crippen molar-refractivity contribution in [3.8, 4) is 0 Å². The summed E-state index contributed by atoms with van der Waals surface area (Å²) in [5.41, 5.74) is 2.15. The Morgan fingerprint density at radius 3 is 2.61 bits per heavy atom. The number of hydrogen-bond acceptors (Lipinski definition) is 4. The molecule has 1 atom stereocenters. The molecule has 2 N–H and O–H groups in total. The molecule has 6 heteroatoms. The second-order valence-electron chi connectivity index (χ2n) is 6.78. The van der Waals surface area contributed by atoms with E-state index < -0.39 is 0 Å². The Morgan fingerprint density at radius 2 is 1.89 bits per heavy atom. The summed E-state index contributed by atoms with van der Waals surface area (Å²) >= 11 is 0. The molecule has 0 aliphatic carbocycles. The van der Waals surface area contributed by atoms with Crippen molar-refractivity contribution in [3.63, 3.8) is 0 Å². The number of pyridine rings is 1. The van der Waals surface area contributed by atoms with Crippen LogP contribution < -0.4 is 15.5 Å². The van der Waals surface area contributed by atoms with E-state index in [0.717, 1.165) is 37.0 Å². The van der Waals surface area contributed by atoms with Crippen molar-refractivity contribution in [2.45, 2.75) is 32.9 Å². The molecular formula is C22H33N5O. The van der Waals surface area contributed by atoms with E-state index in [1.165, 1.54) is 5.56 Å². The Balaban J connectivity index is 1.76. The molecule has 0 bridgehead atoms. The maximum atomic E-state index is 5.92. The van der Waals surface area contributed by atoms with Crippen LogP contribution in [0.15, 0.2) is 53.5 Å². The first kappa shape index (κ1) is 21.7. The summed E-state index contributed by atoms with van der Waals surface area (Å²) in [6.45, 7) is 7.01. The Kier molecular flexibility index (Phi) is 9.28. The fraction of sp³-hybridized carbons (Fsp3) is 0.455. The number of benzene rings is 1. The van der Waals surface area contributed by atoms with Gasteiger partial charge in [-0.15, -0.1) is 0 Å². The van der Waals surface area contributed by atoms with E-state index in [0.29, 0.717) is 13.2 Å². The second kappa shape index (κ2) is 12.0. The highest BCUT2D eigenvalue weighted by Crippen LogP contribution is 2.15. The van der Waals surface area contributed by atoms with Crippen molar-refractivity contribution in [1.82, 2.24) is 15.6 Å². The number of rotatable bonds is 10. The molecule has 2 rings (SSSR count). The van der Waals surface area contributed by atoms with Crippen molar-refractivity contribution in [3.05, 3.63) is 59.8 Å². The van der Waals surface area contributed by atoms with Crippen LogP contribution in [0.2, 0.25) is 0 Å². The van der Waals surface area contributed by atoms with Gasteiger partial charge in [-0.3, -0.25) is 0 Å². The number of guanidine groups is 1. The van der Waals surface area contributed by atoms with Gasteiger partial charge in [-0.2, -0.15) is 0 Å². The van der Waals surface area contributed by atoms with Crippen molar-refractivity contribution in [1.29, 1.82) is 0 Å². The predicted molar refractivity (Wildman–Crippen MR) is 117 cm³/mol. The largest absolute Gasteiger partial charge is 0.374 e. The van der Waals surface area contributed by atoms with Gasteiger partial charge in [0.05, 0.1) is 18.3 Å². The van der Waals surface area contributed by atoms with Gasteiger partial charge in [0.15, 0.2) is 5.96 Å². The lowest BCUT2D eigenvalue weighted by molar-refractivity contribution is 0.0646. The Labute approximate surface area is 169 Å². The van der Waals surface area contributed by atoms with Gasteiger partial charge >= 0.3 is 0 Å². The summed E-state index contributed by atoms with van der Waals surface area (Å²) in [4.78, 5) is 11.2. The first-order valence-corrected chi connectivity index (χ1v) is 9.92. The fourth-order valence-electron chi connectivity index (χ4n) is 2.67. The van der Waals surface area contributed by atoms with Crippen LogP contribution in [0.1, 0.15) is 37.6 Å². The minimum absolute atomic E-state index is 0.109. The third-order valence-corrected chi connectivity index (χ3v) is 4.24. The summed E-state index contributed by atoms with van der Waals surface area (Å²) in [7, 11) is 3.98. The zero-order valence-corrected chi connectivity index (χ0v) is 17.5. The summed E-state index contributed by atoms with van der Waals surface area (Å²) in [6, 6.07) is 16.3. The minimum atomic E-state index is 0.109. The monoisotopic (exact) mass is 383 g/mol.